The normalized spacial score (nSPS) is 17.7. The number of benzene rings is 1. The molecule has 0 bridgehead atoms. The van der Waals surface area contributed by atoms with Crippen molar-refractivity contribution in [3.63, 3.8) is 0 Å². The van der Waals surface area contributed by atoms with Gasteiger partial charge < -0.3 is 0 Å². The number of allylic oxidation sites excluding steroid dienone is 2. The highest BCUT2D eigenvalue weighted by Gasteiger charge is 2.22. The van der Waals surface area contributed by atoms with Crippen molar-refractivity contribution in [3.8, 4) is 0 Å². The molecule has 4 nitrogen and oxygen atoms in total. The fourth-order valence-corrected chi connectivity index (χ4v) is 3.45. The van der Waals surface area contributed by atoms with Crippen LogP contribution in [0.2, 0.25) is 0 Å². The Labute approximate surface area is 138 Å². The first kappa shape index (κ1) is 17.5. The number of nitrogens with zero attached hydrogens (tertiary/aromatic N) is 2. The average Bonchev–Trinajstić information content (AvgIpc) is 2.57. The summed E-state index contributed by atoms with van der Waals surface area (Å²) in [7, 11) is 0. The van der Waals surface area contributed by atoms with Crippen LogP contribution in [0.5, 0.6) is 0 Å². The molecule has 0 N–H and O–H groups in total. The SMILES string of the molecule is CCCCCCc1cc(N=O)c([C@@H]2C=C(C)CCC2)c(N=O)c1. The van der Waals surface area contributed by atoms with E-state index in [2.05, 4.69) is 30.3 Å². The zero-order chi connectivity index (χ0) is 16.7. The van der Waals surface area contributed by atoms with Crippen LogP contribution in [0.1, 0.15) is 75.8 Å². The van der Waals surface area contributed by atoms with Gasteiger partial charge in [-0.1, -0.05) is 37.8 Å². The molecule has 0 amide bonds. The van der Waals surface area contributed by atoms with E-state index in [0.717, 1.165) is 44.1 Å². The first-order chi connectivity index (χ1) is 11.2. The van der Waals surface area contributed by atoms with Gasteiger partial charge in [0.05, 0.1) is 0 Å². The molecule has 0 heterocycles. The topological polar surface area (TPSA) is 58.9 Å². The third-order valence-electron chi connectivity index (χ3n) is 4.65. The summed E-state index contributed by atoms with van der Waals surface area (Å²) in [5.74, 6) is 0.0818. The number of unbranched alkanes of at least 4 members (excludes halogenated alkanes) is 3. The van der Waals surface area contributed by atoms with Crippen molar-refractivity contribution >= 4 is 11.4 Å². The first-order valence-electron chi connectivity index (χ1n) is 8.70. The second kappa shape index (κ2) is 8.70. The molecule has 124 valence electrons. The summed E-state index contributed by atoms with van der Waals surface area (Å²) in [4.78, 5) is 22.7. The van der Waals surface area contributed by atoms with Crippen LogP contribution in [-0.4, -0.2) is 0 Å². The third-order valence-corrected chi connectivity index (χ3v) is 4.65. The Kier molecular flexibility index (Phi) is 6.63. The number of hydrogen-bond acceptors (Lipinski definition) is 4. The van der Waals surface area contributed by atoms with Gasteiger partial charge in [0.1, 0.15) is 11.4 Å². The summed E-state index contributed by atoms with van der Waals surface area (Å²) in [6.45, 7) is 4.27. The van der Waals surface area contributed by atoms with Crippen LogP contribution in [0.25, 0.3) is 0 Å². The van der Waals surface area contributed by atoms with Crippen molar-refractivity contribution in [2.24, 2.45) is 10.4 Å². The molecule has 1 aromatic rings. The monoisotopic (exact) mass is 314 g/mol. The Bertz CT molecular complexity index is 564. The zero-order valence-electron chi connectivity index (χ0n) is 14.2. The molecule has 4 heteroatoms. The third kappa shape index (κ3) is 4.57. The van der Waals surface area contributed by atoms with Gasteiger partial charge in [-0.05, 0) is 67.1 Å². The van der Waals surface area contributed by atoms with Gasteiger partial charge in [-0.2, -0.15) is 0 Å². The molecule has 0 spiro atoms. The van der Waals surface area contributed by atoms with Gasteiger partial charge in [-0.3, -0.25) is 0 Å². The molecule has 0 radical (unpaired) electrons. The van der Waals surface area contributed by atoms with Crippen molar-refractivity contribution in [2.45, 2.75) is 71.1 Å². The van der Waals surface area contributed by atoms with Crippen LogP contribution in [0.4, 0.5) is 11.4 Å². The van der Waals surface area contributed by atoms with E-state index in [0.29, 0.717) is 16.9 Å². The minimum atomic E-state index is 0.0818. The minimum absolute atomic E-state index is 0.0818. The van der Waals surface area contributed by atoms with E-state index in [1.165, 1.54) is 18.4 Å². The van der Waals surface area contributed by atoms with Gasteiger partial charge in [-0.25, -0.2) is 0 Å². The van der Waals surface area contributed by atoms with Crippen LogP contribution in [0.15, 0.2) is 34.1 Å². The lowest BCUT2D eigenvalue weighted by Gasteiger charge is -2.22. The Hall–Kier alpha value is -1.84. The summed E-state index contributed by atoms with van der Waals surface area (Å²) in [5.41, 5.74) is 3.79. The van der Waals surface area contributed by atoms with E-state index in [1.54, 1.807) is 0 Å². The lowest BCUT2D eigenvalue weighted by molar-refractivity contribution is 0.633. The zero-order valence-corrected chi connectivity index (χ0v) is 14.2. The Morgan fingerprint density at radius 3 is 2.35 bits per heavy atom. The van der Waals surface area contributed by atoms with E-state index < -0.39 is 0 Å². The van der Waals surface area contributed by atoms with Crippen molar-refractivity contribution in [1.82, 2.24) is 0 Å². The highest BCUT2D eigenvalue weighted by atomic mass is 16.3. The first-order valence-corrected chi connectivity index (χ1v) is 8.70. The summed E-state index contributed by atoms with van der Waals surface area (Å²) in [6.07, 6.45) is 10.7. The number of aryl methyl sites for hydroxylation is 1. The molecule has 1 aliphatic rings. The van der Waals surface area contributed by atoms with E-state index in [9.17, 15) is 9.81 Å². The van der Waals surface area contributed by atoms with Crippen molar-refractivity contribution in [3.05, 3.63) is 44.7 Å². The van der Waals surface area contributed by atoms with E-state index in [1.807, 2.05) is 12.1 Å². The van der Waals surface area contributed by atoms with Gasteiger partial charge in [0.2, 0.25) is 0 Å². The Morgan fingerprint density at radius 1 is 1.09 bits per heavy atom. The van der Waals surface area contributed by atoms with Crippen LogP contribution in [0, 0.1) is 9.81 Å². The standard InChI is InChI=1S/C19H26N2O2/c1-3-4-5-6-9-15-12-17(20-22)19(18(13-15)21-23)16-10-7-8-14(2)11-16/h11-13,16H,3-10H2,1-2H3/t16-/m0/s1. The number of rotatable bonds is 8. The maximum atomic E-state index is 11.3. The van der Waals surface area contributed by atoms with E-state index in [-0.39, 0.29) is 5.92 Å². The van der Waals surface area contributed by atoms with Crippen LogP contribution in [-0.2, 0) is 6.42 Å². The lowest BCUT2D eigenvalue weighted by atomic mass is 9.84. The predicted octanol–water partition coefficient (Wildman–Crippen LogP) is 6.82. The molecule has 1 aromatic carbocycles. The van der Waals surface area contributed by atoms with Crippen LogP contribution in [0.3, 0.4) is 0 Å². The minimum Gasteiger partial charge on any atom is -0.145 e. The van der Waals surface area contributed by atoms with Gasteiger partial charge >= 0.3 is 0 Å². The quantitative estimate of drug-likeness (QED) is 0.300. The van der Waals surface area contributed by atoms with Gasteiger partial charge in [0.15, 0.2) is 0 Å². The molecule has 1 aliphatic carbocycles. The maximum Gasteiger partial charge on any atom is 0.114 e. The van der Waals surface area contributed by atoms with Crippen LogP contribution >= 0.6 is 0 Å². The predicted molar refractivity (Wildman–Crippen MR) is 95.5 cm³/mol. The Morgan fingerprint density at radius 2 is 1.78 bits per heavy atom. The van der Waals surface area contributed by atoms with Crippen LogP contribution < -0.4 is 0 Å². The second-order valence-corrected chi connectivity index (χ2v) is 6.55. The summed E-state index contributed by atoms with van der Waals surface area (Å²) in [5, 5.41) is 6.41. The highest BCUT2D eigenvalue weighted by Crippen LogP contribution is 2.42. The smallest absolute Gasteiger partial charge is 0.114 e. The number of hydrogen-bond donors (Lipinski definition) is 0. The molecule has 0 saturated heterocycles. The van der Waals surface area contributed by atoms with E-state index in [4.69, 9.17) is 0 Å². The second-order valence-electron chi connectivity index (χ2n) is 6.55. The molecule has 0 unspecified atom stereocenters. The summed E-state index contributed by atoms with van der Waals surface area (Å²) >= 11 is 0. The molecule has 0 saturated carbocycles. The highest BCUT2D eigenvalue weighted by molar-refractivity contribution is 5.65. The van der Waals surface area contributed by atoms with Gasteiger partial charge in [-0.15, -0.1) is 9.81 Å². The molecule has 0 aliphatic heterocycles. The van der Waals surface area contributed by atoms with E-state index >= 15 is 0 Å². The maximum absolute atomic E-state index is 11.3. The summed E-state index contributed by atoms with van der Waals surface area (Å²) < 4.78 is 0. The molecule has 0 fully saturated rings. The lowest BCUT2D eigenvalue weighted by Crippen LogP contribution is -2.03. The van der Waals surface area contributed by atoms with Gasteiger partial charge in [0.25, 0.3) is 0 Å². The molecular formula is C19H26N2O2. The fraction of sp³-hybridized carbons (Fsp3) is 0.579. The van der Waals surface area contributed by atoms with Gasteiger partial charge in [0, 0.05) is 11.5 Å². The summed E-state index contributed by atoms with van der Waals surface area (Å²) in [6, 6.07) is 3.70. The molecule has 1 atom stereocenters. The fourth-order valence-electron chi connectivity index (χ4n) is 3.45. The Balaban J connectivity index is 2.29. The molecule has 0 aromatic heterocycles. The van der Waals surface area contributed by atoms with Crippen molar-refractivity contribution in [1.29, 1.82) is 0 Å². The molecular weight excluding hydrogens is 288 g/mol. The van der Waals surface area contributed by atoms with Crippen molar-refractivity contribution < 1.29 is 0 Å². The largest absolute Gasteiger partial charge is 0.145 e. The number of nitroso groups, excluding NO2 is 2. The van der Waals surface area contributed by atoms with Crippen molar-refractivity contribution in [2.75, 3.05) is 0 Å². The average molecular weight is 314 g/mol. The molecule has 23 heavy (non-hydrogen) atoms. The molecule has 2 rings (SSSR count).